The van der Waals surface area contributed by atoms with Crippen molar-refractivity contribution >= 4 is 46.6 Å². The first kappa shape index (κ1) is 17.2. The van der Waals surface area contributed by atoms with E-state index < -0.39 is 25.9 Å². The number of hydrogen-bond donors (Lipinski definition) is 0. The topological polar surface area (TPSA) is 47.9 Å². The molecule has 0 spiro atoms. The molecule has 0 bridgehead atoms. The van der Waals surface area contributed by atoms with Gasteiger partial charge in [0.25, 0.3) is 0 Å². The predicted octanol–water partition coefficient (Wildman–Crippen LogP) is 4.06. The van der Waals surface area contributed by atoms with Crippen molar-refractivity contribution in [3.05, 3.63) is 0 Å². The Hall–Kier alpha value is 0.250. The molecule has 0 aliphatic carbocycles. The minimum atomic E-state index is -4.57. The first-order valence-electron chi connectivity index (χ1n) is 3.68. The molecule has 12 heteroatoms. The van der Waals surface area contributed by atoms with E-state index >= 15 is 0 Å². The zero-order chi connectivity index (χ0) is 13.7. The Morgan fingerprint density at radius 3 is 2.41 bits per heavy atom. The summed E-state index contributed by atoms with van der Waals surface area (Å²) in [7, 11) is 0. The third-order valence-corrected chi connectivity index (χ3v) is 2.86. The third kappa shape index (κ3) is 7.31. The van der Waals surface area contributed by atoms with Crippen LogP contribution in [-0.4, -0.2) is 30.0 Å². The molecular weight excluding hydrogens is 335 g/mol. The van der Waals surface area contributed by atoms with E-state index in [1.165, 1.54) is 0 Å². The summed E-state index contributed by atoms with van der Waals surface area (Å²) >= 11 is 15.3. The standard InChI is InChI=1S/C5H5Cl3F4NO3P/c6-1-3(7)13-16-17(8,14)15-2-5(11,12)4(9)10/h4H,1-2H2/b13-3-. The number of halogens is 7. The van der Waals surface area contributed by atoms with Gasteiger partial charge in [0.1, 0.15) is 6.61 Å². The molecule has 1 atom stereocenters. The summed E-state index contributed by atoms with van der Waals surface area (Å²) < 4.78 is 66.9. The molecule has 4 nitrogen and oxygen atoms in total. The maximum atomic E-state index is 12.3. The van der Waals surface area contributed by atoms with Gasteiger partial charge < -0.3 is 4.62 Å². The summed E-state index contributed by atoms with van der Waals surface area (Å²) in [6.45, 7) is -6.46. The zero-order valence-electron chi connectivity index (χ0n) is 7.76. The van der Waals surface area contributed by atoms with E-state index in [-0.39, 0.29) is 11.1 Å². The lowest BCUT2D eigenvalue weighted by Gasteiger charge is -2.16. The monoisotopic (exact) mass is 339 g/mol. The van der Waals surface area contributed by atoms with Gasteiger partial charge in [-0.3, -0.25) is 4.52 Å². The van der Waals surface area contributed by atoms with Gasteiger partial charge in [-0.15, -0.1) is 11.6 Å². The summed E-state index contributed by atoms with van der Waals surface area (Å²) in [5.41, 5.74) is 0. The molecule has 17 heavy (non-hydrogen) atoms. The molecule has 0 saturated heterocycles. The lowest BCUT2D eigenvalue weighted by atomic mass is 10.4. The highest BCUT2D eigenvalue weighted by atomic mass is 35.7. The average Bonchev–Trinajstić information content (AvgIpc) is 2.23. The van der Waals surface area contributed by atoms with Crippen LogP contribution >= 0.6 is 41.4 Å². The van der Waals surface area contributed by atoms with Crippen LogP contribution in [0.15, 0.2) is 5.16 Å². The van der Waals surface area contributed by atoms with Gasteiger partial charge in [0.2, 0.25) is 0 Å². The Kier molecular flexibility index (Phi) is 7.09. The van der Waals surface area contributed by atoms with Crippen LogP contribution in [0, 0.1) is 0 Å². The Morgan fingerprint density at radius 1 is 1.47 bits per heavy atom. The molecule has 0 radical (unpaired) electrons. The highest BCUT2D eigenvalue weighted by Gasteiger charge is 2.43. The lowest BCUT2D eigenvalue weighted by molar-refractivity contribution is -0.149. The number of rotatable bonds is 7. The number of nitrogens with zero attached hydrogens (tertiary/aromatic N) is 1. The van der Waals surface area contributed by atoms with Crippen LogP contribution in [0.3, 0.4) is 0 Å². The Balaban J connectivity index is 4.33. The fourth-order valence-corrected chi connectivity index (χ4v) is 1.31. The molecule has 0 saturated carbocycles. The van der Waals surface area contributed by atoms with Gasteiger partial charge >= 0.3 is 19.3 Å². The molecule has 0 aromatic heterocycles. The van der Waals surface area contributed by atoms with Gasteiger partial charge in [-0.1, -0.05) is 16.8 Å². The van der Waals surface area contributed by atoms with Gasteiger partial charge in [0.15, 0.2) is 5.17 Å². The van der Waals surface area contributed by atoms with Crippen molar-refractivity contribution in [3.63, 3.8) is 0 Å². The molecule has 0 aliphatic heterocycles. The fourth-order valence-electron chi connectivity index (χ4n) is 0.367. The van der Waals surface area contributed by atoms with Crippen LogP contribution < -0.4 is 0 Å². The predicted molar refractivity (Wildman–Crippen MR) is 55.5 cm³/mol. The summed E-state index contributed by atoms with van der Waals surface area (Å²) in [5.74, 6) is -4.82. The van der Waals surface area contributed by atoms with E-state index in [2.05, 4.69) is 14.3 Å². The van der Waals surface area contributed by atoms with Gasteiger partial charge in [-0.25, -0.2) is 13.3 Å². The number of alkyl halides is 5. The van der Waals surface area contributed by atoms with Crippen LogP contribution in [0.4, 0.5) is 17.6 Å². The van der Waals surface area contributed by atoms with E-state index in [0.29, 0.717) is 0 Å². The summed E-state index contributed by atoms with van der Waals surface area (Å²) in [6, 6.07) is 0. The van der Waals surface area contributed by atoms with Crippen molar-refractivity contribution in [2.75, 3.05) is 12.5 Å². The van der Waals surface area contributed by atoms with Gasteiger partial charge in [0.05, 0.1) is 5.88 Å². The maximum absolute atomic E-state index is 12.3. The van der Waals surface area contributed by atoms with Crippen LogP contribution in [0.1, 0.15) is 0 Å². The number of oxime groups is 1. The van der Waals surface area contributed by atoms with Crippen molar-refractivity contribution < 1.29 is 31.3 Å². The van der Waals surface area contributed by atoms with E-state index in [1.807, 2.05) is 0 Å². The zero-order valence-corrected chi connectivity index (χ0v) is 10.9. The molecule has 0 N–H and O–H groups in total. The average molecular weight is 340 g/mol. The quantitative estimate of drug-likeness (QED) is 0.231. The normalized spacial score (nSPS) is 17.1. The molecule has 102 valence electrons. The minimum Gasteiger partial charge on any atom is -0.300 e. The van der Waals surface area contributed by atoms with Crippen molar-refractivity contribution in [2.45, 2.75) is 12.3 Å². The van der Waals surface area contributed by atoms with E-state index in [4.69, 9.17) is 34.4 Å². The minimum absolute atomic E-state index is 0.314. The van der Waals surface area contributed by atoms with Crippen LogP contribution in [0.25, 0.3) is 0 Å². The third-order valence-electron chi connectivity index (χ3n) is 1.08. The highest BCUT2D eigenvalue weighted by Crippen LogP contribution is 2.54. The molecule has 0 fully saturated rings. The van der Waals surface area contributed by atoms with Crippen LogP contribution in [-0.2, 0) is 13.7 Å². The molecule has 0 aromatic carbocycles. The molecule has 0 rings (SSSR count). The maximum Gasteiger partial charge on any atom is 0.496 e. The highest BCUT2D eigenvalue weighted by molar-refractivity contribution is 7.81. The lowest BCUT2D eigenvalue weighted by Crippen LogP contribution is -2.31. The van der Waals surface area contributed by atoms with Crippen LogP contribution in [0.2, 0.25) is 0 Å². The van der Waals surface area contributed by atoms with Gasteiger partial charge in [-0.2, -0.15) is 8.78 Å². The van der Waals surface area contributed by atoms with Crippen molar-refractivity contribution in [1.29, 1.82) is 0 Å². The van der Waals surface area contributed by atoms with Gasteiger partial charge in [0, 0.05) is 11.2 Å². The van der Waals surface area contributed by atoms with Crippen molar-refractivity contribution in [2.24, 2.45) is 5.16 Å². The first-order valence-corrected chi connectivity index (χ1v) is 7.04. The van der Waals surface area contributed by atoms with Crippen LogP contribution in [0.5, 0.6) is 0 Å². The fraction of sp³-hybridized carbons (Fsp3) is 0.800. The Bertz CT molecular complexity index is 330. The summed E-state index contributed by atoms with van der Waals surface area (Å²) in [6.07, 6.45) is -3.99. The molecule has 0 amide bonds. The number of hydrogen-bond acceptors (Lipinski definition) is 4. The second kappa shape index (κ2) is 6.99. The van der Waals surface area contributed by atoms with E-state index in [1.54, 1.807) is 0 Å². The van der Waals surface area contributed by atoms with Crippen molar-refractivity contribution in [1.82, 2.24) is 0 Å². The van der Waals surface area contributed by atoms with E-state index in [0.717, 1.165) is 0 Å². The molecule has 0 aliphatic rings. The molecule has 0 heterocycles. The Labute approximate surface area is 108 Å². The van der Waals surface area contributed by atoms with Crippen molar-refractivity contribution in [3.8, 4) is 0 Å². The largest absolute Gasteiger partial charge is 0.496 e. The second-order valence-corrected chi connectivity index (χ2v) is 5.68. The van der Waals surface area contributed by atoms with Gasteiger partial charge in [-0.05, 0) is 0 Å². The first-order chi connectivity index (χ1) is 7.60. The SMILES string of the molecule is O=P(Cl)(OCC(F)(F)C(F)F)O/N=C(\Cl)CCl. The summed E-state index contributed by atoms with van der Waals surface area (Å²) in [5, 5.41) is 2.48. The Morgan fingerprint density at radius 2 is 2.00 bits per heavy atom. The summed E-state index contributed by atoms with van der Waals surface area (Å²) in [4.78, 5) is 0. The molecule has 1 unspecified atom stereocenters. The smallest absolute Gasteiger partial charge is 0.300 e. The molecular formula is C5H5Cl3F4NO3P. The van der Waals surface area contributed by atoms with E-state index in [9.17, 15) is 22.1 Å². The molecule has 0 aromatic rings. The second-order valence-electron chi connectivity index (χ2n) is 2.45.